The van der Waals surface area contributed by atoms with Gasteiger partial charge in [0.15, 0.2) is 0 Å². The molecule has 2 fully saturated rings. The Hall–Kier alpha value is -3.61. The van der Waals surface area contributed by atoms with E-state index < -0.39 is 23.5 Å². The second-order valence-electron chi connectivity index (χ2n) is 8.92. The van der Waals surface area contributed by atoms with E-state index in [2.05, 4.69) is 5.32 Å². The number of nitrogens with zero attached hydrogens (tertiary/aromatic N) is 2. The maximum atomic E-state index is 13.2. The van der Waals surface area contributed by atoms with E-state index >= 15 is 0 Å². The predicted octanol–water partition coefficient (Wildman–Crippen LogP) is 4.24. The van der Waals surface area contributed by atoms with Crippen molar-refractivity contribution in [2.45, 2.75) is 43.7 Å². The standard InChI is InChI=1S/C26H27N3O4/c1-28-25(32)29(24(31)26(28)14-8-3-9-15-26)17-22(30)27-23(18-10-4-2-5-11-18)21-16-19-12-6-7-13-20(19)33-21/h2,4-7,10-13,16,23H,3,8-9,14-15,17H2,1H3,(H,27,30). The van der Waals surface area contributed by atoms with Crippen LogP contribution < -0.4 is 5.32 Å². The molecule has 7 heteroatoms. The van der Waals surface area contributed by atoms with Gasteiger partial charge in [-0.3, -0.25) is 14.5 Å². The van der Waals surface area contributed by atoms with Crippen molar-refractivity contribution in [1.29, 1.82) is 0 Å². The van der Waals surface area contributed by atoms with Crippen LogP contribution in [0.4, 0.5) is 4.79 Å². The molecule has 5 rings (SSSR count). The van der Waals surface area contributed by atoms with Gasteiger partial charge in [-0.2, -0.15) is 0 Å². The number of carbonyl (C=O) groups excluding carboxylic acids is 3. The number of carbonyl (C=O) groups is 3. The normalized spacial score (nSPS) is 18.8. The average Bonchev–Trinajstić information content (AvgIpc) is 3.35. The number of likely N-dealkylation sites (N-methyl/N-ethyl adjacent to an activating group) is 1. The van der Waals surface area contributed by atoms with Crippen molar-refractivity contribution in [1.82, 2.24) is 15.1 Å². The van der Waals surface area contributed by atoms with Gasteiger partial charge in [-0.25, -0.2) is 4.79 Å². The quantitative estimate of drug-likeness (QED) is 0.596. The first-order valence-electron chi connectivity index (χ1n) is 11.4. The molecule has 1 aliphatic heterocycles. The van der Waals surface area contributed by atoms with Crippen LogP contribution in [0.1, 0.15) is 49.5 Å². The molecule has 3 aromatic rings. The number of imide groups is 1. The lowest BCUT2D eigenvalue weighted by atomic mass is 9.81. The Labute approximate surface area is 192 Å². The minimum absolute atomic E-state index is 0.259. The zero-order valence-electron chi connectivity index (χ0n) is 18.6. The molecule has 33 heavy (non-hydrogen) atoms. The number of furan rings is 1. The summed E-state index contributed by atoms with van der Waals surface area (Å²) < 4.78 is 6.03. The first-order chi connectivity index (χ1) is 16.0. The van der Waals surface area contributed by atoms with Crippen LogP contribution in [0, 0.1) is 0 Å². The lowest BCUT2D eigenvalue weighted by Gasteiger charge is -2.35. The fourth-order valence-corrected chi connectivity index (χ4v) is 5.13. The minimum Gasteiger partial charge on any atom is -0.459 e. The molecular weight excluding hydrogens is 418 g/mol. The van der Waals surface area contributed by atoms with Crippen molar-refractivity contribution in [2.75, 3.05) is 13.6 Å². The third kappa shape index (κ3) is 3.67. The summed E-state index contributed by atoms with van der Waals surface area (Å²) in [5.74, 6) is -0.0761. The monoisotopic (exact) mass is 445 g/mol. The lowest BCUT2D eigenvalue weighted by Crippen LogP contribution is -2.49. The lowest BCUT2D eigenvalue weighted by molar-refractivity contribution is -0.137. The molecule has 1 spiro atoms. The van der Waals surface area contributed by atoms with E-state index in [1.54, 1.807) is 7.05 Å². The molecule has 2 aromatic carbocycles. The SMILES string of the molecule is CN1C(=O)N(CC(=O)NC(c2ccccc2)c2cc3ccccc3o2)C(=O)C12CCCCC2. The van der Waals surface area contributed by atoms with E-state index in [-0.39, 0.29) is 12.5 Å². The van der Waals surface area contributed by atoms with Gasteiger partial charge >= 0.3 is 6.03 Å². The third-order valence-electron chi connectivity index (χ3n) is 6.95. The topological polar surface area (TPSA) is 82.9 Å². The second kappa shape index (κ2) is 8.39. The number of benzene rings is 2. The molecule has 7 nitrogen and oxygen atoms in total. The number of nitrogens with one attached hydrogen (secondary N) is 1. The van der Waals surface area contributed by atoms with Gasteiger partial charge in [-0.05, 0) is 30.5 Å². The Balaban J connectivity index is 1.39. The molecule has 1 saturated carbocycles. The average molecular weight is 446 g/mol. The van der Waals surface area contributed by atoms with Gasteiger partial charge in [0.2, 0.25) is 5.91 Å². The first-order valence-corrected chi connectivity index (χ1v) is 11.4. The van der Waals surface area contributed by atoms with Gasteiger partial charge in [-0.15, -0.1) is 0 Å². The molecule has 1 atom stereocenters. The molecule has 1 aromatic heterocycles. The van der Waals surface area contributed by atoms with Crippen LogP contribution in [0.15, 0.2) is 65.1 Å². The van der Waals surface area contributed by atoms with E-state index in [4.69, 9.17) is 4.42 Å². The van der Waals surface area contributed by atoms with Crippen LogP contribution in [-0.4, -0.2) is 46.8 Å². The van der Waals surface area contributed by atoms with E-state index in [0.29, 0.717) is 18.6 Å². The fraction of sp³-hybridized carbons (Fsp3) is 0.346. The third-order valence-corrected chi connectivity index (χ3v) is 6.95. The maximum Gasteiger partial charge on any atom is 0.327 e. The molecule has 1 saturated heterocycles. The van der Waals surface area contributed by atoms with Gasteiger partial charge in [0.05, 0.1) is 0 Å². The highest BCUT2D eigenvalue weighted by atomic mass is 16.3. The van der Waals surface area contributed by atoms with Crippen LogP contribution in [0.25, 0.3) is 11.0 Å². The molecule has 0 radical (unpaired) electrons. The van der Waals surface area contributed by atoms with Crippen molar-refractivity contribution in [3.63, 3.8) is 0 Å². The van der Waals surface area contributed by atoms with Crippen molar-refractivity contribution in [2.24, 2.45) is 0 Å². The summed E-state index contributed by atoms with van der Waals surface area (Å²) in [4.78, 5) is 41.9. The first kappa shape index (κ1) is 21.2. The largest absolute Gasteiger partial charge is 0.459 e. The van der Waals surface area contributed by atoms with Crippen LogP contribution >= 0.6 is 0 Å². The van der Waals surface area contributed by atoms with Crippen molar-refractivity contribution in [3.8, 4) is 0 Å². The number of urea groups is 1. The molecule has 4 amide bonds. The zero-order chi connectivity index (χ0) is 23.0. The van der Waals surface area contributed by atoms with Crippen LogP contribution in [0.5, 0.6) is 0 Å². The minimum atomic E-state index is -0.798. The number of fused-ring (bicyclic) bond motifs is 1. The van der Waals surface area contributed by atoms with Gasteiger partial charge in [0.25, 0.3) is 5.91 Å². The summed E-state index contributed by atoms with van der Waals surface area (Å²) >= 11 is 0. The van der Waals surface area contributed by atoms with Crippen LogP contribution in [0.3, 0.4) is 0 Å². The van der Waals surface area contributed by atoms with Crippen LogP contribution in [-0.2, 0) is 9.59 Å². The van der Waals surface area contributed by atoms with E-state index in [9.17, 15) is 14.4 Å². The van der Waals surface area contributed by atoms with E-state index in [0.717, 1.165) is 40.7 Å². The van der Waals surface area contributed by atoms with E-state index in [1.807, 2.05) is 60.7 Å². The number of para-hydroxylation sites is 1. The molecule has 170 valence electrons. The molecule has 2 heterocycles. The van der Waals surface area contributed by atoms with Gasteiger partial charge in [-0.1, -0.05) is 67.8 Å². The summed E-state index contributed by atoms with van der Waals surface area (Å²) in [6.45, 7) is -0.312. The van der Waals surface area contributed by atoms with E-state index in [1.165, 1.54) is 4.90 Å². The molecule has 0 bridgehead atoms. The Morgan fingerprint density at radius 1 is 1.03 bits per heavy atom. The number of hydrogen-bond acceptors (Lipinski definition) is 4. The smallest absolute Gasteiger partial charge is 0.327 e. The van der Waals surface area contributed by atoms with Crippen LogP contribution in [0.2, 0.25) is 0 Å². The summed E-state index contributed by atoms with van der Waals surface area (Å²) in [7, 11) is 1.67. The second-order valence-corrected chi connectivity index (χ2v) is 8.92. The Kier molecular flexibility index (Phi) is 5.40. The Bertz CT molecular complexity index is 1160. The van der Waals surface area contributed by atoms with Crippen molar-refractivity contribution >= 4 is 28.8 Å². The van der Waals surface area contributed by atoms with Gasteiger partial charge in [0.1, 0.15) is 29.5 Å². The van der Waals surface area contributed by atoms with Crippen molar-refractivity contribution < 1.29 is 18.8 Å². The molecule has 1 N–H and O–H groups in total. The molecule has 2 aliphatic rings. The summed E-state index contributed by atoms with van der Waals surface area (Å²) in [5, 5.41) is 3.93. The predicted molar refractivity (Wildman–Crippen MR) is 123 cm³/mol. The Morgan fingerprint density at radius 3 is 2.45 bits per heavy atom. The molecular formula is C26H27N3O4. The van der Waals surface area contributed by atoms with Crippen molar-refractivity contribution in [3.05, 3.63) is 72.0 Å². The molecule has 1 unspecified atom stereocenters. The number of hydrogen-bond donors (Lipinski definition) is 1. The number of amides is 4. The molecule has 1 aliphatic carbocycles. The highest BCUT2D eigenvalue weighted by Crippen LogP contribution is 2.39. The highest BCUT2D eigenvalue weighted by Gasteiger charge is 2.55. The summed E-state index contributed by atoms with van der Waals surface area (Å²) in [6, 6.07) is 18.1. The van der Waals surface area contributed by atoms with Gasteiger partial charge in [0, 0.05) is 12.4 Å². The Morgan fingerprint density at radius 2 is 1.73 bits per heavy atom. The zero-order valence-corrected chi connectivity index (χ0v) is 18.6. The summed E-state index contributed by atoms with van der Waals surface area (Å²) in [5.41, 5.74) is 0.783. The fourth-order valence-electron chi connectivity index (χ4n) is 5.13. The maximum absolute atomic E-state index is 13.2. The highest BCUT2D eigenvalue weighted by molar-refractivity contribution is 6.09. The summed E-state index contributed by atoms with van der Waals surface area (Å²) in [6.07, 6.45) is 4.18. The number of rotatable bonds is 5. The van der Waals surface area contributed by atoms with Gasteiger partial charge < -0.3 is 14.6 Å².